The van der Waals surface area contributed by atoms with Gasteiger partial charge in [-0.1, -0.05) is 24.3 Å². The Morgan fingerprint density at radius 3 is 2.43 bits per heavy atom. The van der Waals surface area contributed by atoms with Gasteiger partial charge in [-0.25, -0.2) is 9.37 Å². The molecule has 0 radical (unpaired) electrons. The fourth-order valence-corrected chi connectivity index (χ4v) is 3.06. The van der Waals surface area contributed by atoms with Crippen LogP contribution in [0.3, 0.4) is 0 Å². The summed E-state index contributed by atoms with van der Waals surface area (Å²) in [4.78, 5) is 26.6. The van der Waals surface area contributed by atoms with Crippen LogP contribution < -0.4 is 5.43 Å². The molecule has 4 rings (SSSR count). The maximum atomic E-state index is 14.3. The van der Waals surface area contributed by atoms with Crippen molar-refractivity contribution in [1.29, 1.82) is 0 Å². The Labute approximate surface area is 153 Å². The summed E-state index contributed by atoms with van der Waals surface area (Å²) in [5.74, 6) is -2.29. The molecule has 2 aromatic heterocycles. The van der Waals surface area contributed by atoms with E-state index in [2.05, 4.69) is 4.98 Å². The quantitative estimate of drug-likeness (QED) is 0.378. The first-order chi connectivity index (χ1) is 13.2. The fraction of sp³-hybridized carbons (Fsp3) is 0.105. The van der Waals surface area contributed by atoms with Gasteiger partial charge in [-0.2, -0.15) is 13.2 Å². The van der Waals surface area contributed by atoms with Gasteiger partial charge in [0.15, 0.2) is 16.8 Å². The molecule has 0 aliphatic heterocycles. The third kappa shape index (κ3) is 2.67. The lowest BCUT2D eigenvalue weighted by atomic mass is 10.1. The first kappa shape index (κ1) is 17.9. The van der Waals surface area contributed by atoms with Crippen molar-refractivity contribution in [2.75, 3.05) is 0 Å². The van der Waals surface area contributed by atoms with Crippen molar-refractivity contribution < 1.29 is 26.8 Å². The van der Waals surface area contributed by atoms with Crippen molar-refractivity contribution in [2.24, 2.45) is 7.05 Å². The number of aryl methyl sites for hydroxylation is 1. The lowest BCUT2D eigenvalue weighted by Crippen LogP contribution is -2.12. The maximum Gasteiger partial charge on any atom is 0.449 e. The first-order valence-electron chi connectivity index (χ1n) is 7.96. The minimum atomic E-state index is -4.81. The van der Waals surface area contributed by atoms with E-state index in [0.29, 0.717) is 22.0 Å². The lowest BCUT2D eigenvalue weighted by Gasteiger charge is -2.08. The van der Waals surface area contributed by atoms with E-state index < -0.39 is 28.8 Å². The van der Waals surface area contributed by atoms with Gasteiger partial charge < -0.3 is 8.98 Å². The Kier molecular flexibility index (Phi) is 3.84. The van der Waals surface area contributed by atoms with E-state index in [1.54, 1.807) is 0 Å². The molecule has 0 saturated heterocycles. The Morgan fingerprint density at radius 1 is 1.14 bits per heavy atom. The minimum absolute atomic E-state index is 0.0672. The van der Waals surface area contributed by atoms with Crippen LogP contribution >= 0.6 is 0 Å². The summed E-state index contributed by atoms with van der Waals surface area (Å²) in [6.45, 7) is 0. The Bertz CT molecular complexity index is 1300. The summed E-state index contributed by atoms with van der Waals surface area (Å²) < 4.78 is 60.2. The Balaban J connectivity index is 2.08. The van der Waals surface area contributed by atoms with Crippen LogP contribution in [-0.4, -0.2) is 15.8 Å². The van der Waals surface area contributed by atoms with Gasteiger partial charge in [0, 0.05) is 24.2 Å². The summed E-state index contributed by atoms with van der Waals surface area (Å²) in [5.41, 5.74) is -0.807. The van der Waals surface area contributed by atoms with Gasteiger partial charge in [0.1, 0.15) is 23.1 Å². The number of aromatic nitrogens is 2. The molecular weight excluding hydrogens is 380 g/mol. The molecule has 0 bridgehead atoms. The minimum Gasteiger partial charge on any atom is -0.454 e. The van der Waals surface area contributed by atoms with Crippen molar-refractivity contribution in [1.82, 2.24) is 9.55 Å². The van der Waals surface area contributed by atoms with Gasteiger partial charge in [0.05, 0.1) is 5.39 Å². The molecule has 2 aromatic carbocycles. The van der Waals surface area contributed by atoms with E-state index in [-0.39, 0.29) is 22.2 Å². The highest BCUT2D eigenvalue weighted by atomic mass is 19.4. The standard InChI is InChI=1S/C19H10F4N2O3/c1-25-16-15(24-18(25)19(21,22)23)12(20)6-11-13(27)7-14(28-17(11)16)10-4-2-9(8-26)3-5-10/h2-8H,1H3. The van der Waals surface area contributed by atoms with Crippen molar-refractivity contribution >= 4 is 28.3 Å². The SMILES string of the molecule is Cn1c(C(F)(F)F)nc2c(F)cc3c(=O)cc(-c4ccc(C=O)cc4)oc3c21. The molecule has 0 aliphatic rings. The number of carbonyl (C=O) groups excluding carboxylic acids is 1. The topological polar surface area (TPSA) is 65.1 Å². The van der Waals surface area contributed by atoms with Crippen LogP contribution in [0.15, 0.2) is 45.6 Å². The molecule has 28 heavy (non-hydrogen) atoms. The van der Waals surface area contributed by atoms with Crippen LogP contribution in [0.5, 0.6) is 0 Å². The van der Waals surface area contributed by atoms with Crippen molar-refractivity contribution in [2.45, 2.75) is 6.18 Å². The number of imidazole rings is 1. The first-order valence-corrected chi connectivity index (χ1v) is 7.96. The molecule has 142 valence electrons. The van der Waals surface area contributed by atoms with E-state index in [1.165, 1.54) is 24.3 Å². The number of carbonyl (C=O) groups is 1. The van der Waals surface area contributed by atoms with E-state index in [1.807, 2.05) is 0 Å². The molecule has 9 heteroatoms. The number of hydrogen-bond acceptors (Lipinski definition) is 4. The van der Waals surface area contributed by atoms with E-state index in [4.69, 9.17) is 4.42 Å². The number of rotatable bonds is 2. The molecule has 0 N–H and O–H groups in total. The van der Waals surface area contributed by atoms with E-state index >= 15 is 0 Å². The summed E-state index contributed by atoms with van der Waals surface area (Å²) in [5, 5.41) is -0.199. The van der Waals surface area contributed by atoms with Gasteiger partial charge in [-0.05, 0) is 6.07 Å². The molecule has 2 heterocycles. The Morgan fingerprint density at radius 2 is 1.82 bits per heavy atom. The number of benzene rings is 2. The number of alkyl halides is 3. The zero-order valence-electron chi connectivity index (χ0n) is 14.2. The molecule has 0 unspecified atom stereocenters. The summed E-state index contributed by atoms with van der Waals surface area (Å²) >= 11 is 0. The Hall–Kier alpha value is -3.49. The van der Waals surface area contributed by atoms with Gasteiger partial charge in [0.2, 0.25) is 5.82 Å². The van der Waals surface area contributed by atoms with Crippen molar-refractivity contribution in [3.8, 4) is 11.3 Å². The molecule has 0 fully saturated rings. The van der Waals surface area contributed by atoms with Gasteiger partial charge in [0.25, 0.3) is 0 Å². The lowest BCUT2D eigenvalue weighted by molar-refractivity contribution is -0.146. The second-order valence-corrected chi connectivity index (χ2v) is 6.14. The van der Waals surface area contributed by atoms with Crippen LogP contribution in [0.4, 0.5) is 17.6 Å². The highest BCUT2D eigenvalue weighted by Crippen LogP contribution is 2.35. The fourth-order valence-electron chi connectivity index (χ4n) is 3.06. The van der Waals surface area contributed by atoms with Crippen LogP contribution in [0.25, 0.3) is 33.3 Å². The van der Waals surface area contributed by atoms with Gasteiger partial charge in [-0.15, -0.1) is 0 Å². The van der Waals surface area contributed by atoms with Crippen LogP contribution in [-0.2, 0) is 13.2 Å². The zero-order valence-corrected chi connectivity index (χ0v) is 14.2. The zero-order chi connectivity index (χ0) is 20.2. The smallest absolute Gasteiger partial charge is 0.449 e. The average Bonchev–Trinajstić information content (AvgIpc) is 3.01. The summed E-state index contributed by atoms with van der Waals surface area (Å²) in [7, 11) is 1.07. The number of halogens is 4. The van der Waals surface area contributed by atoms with Crippen LogP contribution in [0.2, 0.25) is 0 Å². The predicted molar refractivity (Wildman–Crippen MR) is 92.5 cm³/mol. The van der Waals surface area contributed by atoms with E-state index in [0.717, 1.165) is 19.2 Å². The normalized spacial score (nSPS) is 12.0. The van der Waals surface area contributed by atoms with Gasteiger partial charge >= 0.3 is 6.18 Å². The van der Waals surface area contributed by atoms with Gasteiger partial charge in [-0.3, -0.25) is 9.59 Å². The maximum absolute atomic E-state index is 14.3. The number of nitrogens with zero attached hydrogens (tertiary/aromatic N) is 2. The predicted octanol–water partition coefficient (Wildman–Crippen LogP) is 4.32. The molecule has 0 atom stereocenters. The molecule has 0 amide bonds. The monoisotopic (exact) mass is 390 g/mol. The van der Waals surface area contributed by atoms with Crippen molar-refractivity contribution in [3.05, 3.63) is 63.8 Å². The number of aldehydes is 1. The van der Waals surface area contributed by atoms with Crippen molar-refractivity contribution in [3.63, 3.8) is 0 Å². The van der Waals surface area contributed by atoms with Crippen LogP contribution in [0, 0.1) is 5.82 Å². The van der Waals surface area contributed by atoms with E-state index in [9.17, 15) is 27.2 Å². The highest BCUT2D eigenvalue weighted by Gasteiger charge is 2.38. The molecule has 0 spiro atoms. The average molecular weight is 390 g/mol. The molecular formula is C19H10F4N2O3. The largest absolute Gasteiger partial charge is 0.454 e. The molecule has 0 saturated carbocycles. The second-order valence-electron chi connectivity index (χ2n) is 6.14. The third-order valence-electron chi connectivity index (χ3n) is 4.38. The number of fused-ring (bicyclic) bond motifs is 3. The molecule has 0 aliphatic carbocycles. The highest BCUT2D eigenvalue weighted by molar-refractivity contribution is 6.01. The van der Waals surface area contributed by atoms with Crippen LogP contribution in [0.1, 0.15) is 16.2 Å². The molecule has 4 aromatic rings. The molecule has 5 nitrogen and oxygen atoms in total. The third-order valence-corrected chi connectivity index (χ3v) is 4.38. The second kappa shape index (κ2) is 6.01. The summed E-state index contributed by atoms with van der Waals surface area (Å²) in [6.07, 6.45) is -4.17. The summed E-state index contributed by atoms with van der Waals surface area (Å²) in [6, 6.07) is 7.98. The number of hydrogen-bond donors (Lipinski definition) is 0.